The number of benzene rings is 1. The van der Waals surface area contributed by atoms with Crippen LogP contribution in [0.15, 0.2) is 28.7 Å². The number of halogens is 1. The lowest BCUT2D eigenvalue weighted by Gasteiger charge is -2.36. The predicted molar refractivity (Wildman–Crippen MR) is 75.9 cm³/mol. The molecule has 0 radical (unpaired) electrons. The van der Waals surface area contributed by atoms with Gasteiger partial charge in [-0.2, -0.15) is 0 Å². The lowest BCUT2D eigenvalue weighted by molar-refractivity contribution is -0.0183. The van der Waals surface area contributed by atoms with Crippen LogP contribution in [0.25, 0.3) is 0 Å². The molecule has 1 aliphatic heterocycles. The minimum Gasteiger partial charge on any atom is -0.492 e. The van der Waals surface area contributed by atoms with Gasteiger partial charge in [0.25, 0.3) is 0 Å². The zero-order valence-electron chi connectivity index (χ0n) is 10.7. The minimum absolute atomic E-state index is 0.534. The van der Waals surface area contributed by atoms with Crippen molar-refractivity contribution >= 4 is 15.9 Å². The van der Waals surface area contributed by atoms with Crippen LogP contribution >= 0.6 is 15.9 Å². The van der Waals surface area contributed by atoms with Crippen LogP contribution in [0.5, 0.6) is 5.75 Å². The number of nitrogens with zero attached hydrogens (tertiary/aromatic N) is 1. The Hall–Kier alpha value is -0.580. The molecule has 0 aliphatic carbocycles. The Morgan fingerprint density at radius 1 is 1.50 bits per heavy atom. The summed E-state index contributed by atoms with van der Waals surface area (Å²) in [6.45, 7) is 5.23. The maximum atomic E-state index is 10.0. The lowest BCUT2D eigenvalue weighted by Crippen LogP contribution is -2.47. The van der Waals surface area contributed by atoms with Crippen molar-refractivity contribution < 1.29 is 9.84 Å². The summed E-state index contributed by atoms with van der Waals surface area (Å²) in [7, 11) is 0. The van der Waals surface area contributed by atoms with E-state index in [4.69, 9.17) is 4.74 Å². The molecule has 1 saturated heterocycles. The Morgan fingerprint density at radius 3 is 3.06 bits per heavy atom. The first-order valence-corrected chi connectivity index (χ1v) is 7.18. The van der Waals surface area contributed by atoms with Gasteiger partial charge in [0.15, 0.2) is 0 Å². The van der Waals surface area contributed by atoms with Gasteiger partial charge in [-0.25, -0.2) is 0 Å². The standard InChI is InChI=1S/C14H20BrNO2/c1-14(17)6-3-7-16(11-14)8-9-18-13-5-2-4-12(15)10-13/h2,4-5,10,17H,3,6-9,11H2,1H3. The minimum atomic E-state index is -0.534. The van der Waals surface area contributed by atoms with E-state index in [0.29, 0.717) is 6.61 Å². The highest BCUT2D eigenvalue weighted by atomic mass is 79.9. The number of β-amino-alcohol motifs (C(OH)–C–C–N with tert-alkyl or cyclic N) is 1. The number of hydrogen-bond donors (Lipinski definition) is 1. The van der Waals surface area contributed by atoms with Crippen LogP contribution in [0.3, 0.4) is 0 Å². The Bertz CT molecular complexity index is 395. The molecule has 18 heavy (non-hydrogen) atoms. The third kappa shape index (κ3) is 4.26. The first-order valence-electron chi connectivity index (χ1n) is 6.38. The highest BCUT2D eigenvalue weighted by Crippen LogP contribution is 2.20. The molecule has 2 rings (SSSR count). The van der Waals surface area contributed by atoms with Crippen molar-refractivity contribution in [1.82, 2.24) is 4.90 Å². The van der Waals surface area contributed by atoms with Crippen LogP contribution in [0, 0.1) is 0 Å². The molecule has 0 amide bonds. The van der Waals surface area contributed by atoms with Crippen LogP contribution in [0.1, 0.15) is 19.8 Å². The highest BCUT2D eigenvalue weighted by molar-refractivity contribution is 9.10. The van der Waals surface area contributed by atoms with Crippen molar-refractivity contribution in [1.29, 1.82) is 0 Å². The van der Waals surface area contributed by atoms with Gasteiger partial charge < -0.3 is 9.84 Å². The maximum absolute atomic E-state index is 10.0. The molecule has 1 aromatic carbocycles. The smallest absolute Gasteiger partial charge is 0.120 e. The van der Waals surface area contributed by atoms with Gasteiger partial charge >= 0.3 is 0 Å². The molecule has 100 valence electrons. The number of ether oxygens (including phenoxy) is 1. The second-order valence-electron chi connectivity index (χ2n) is 5.18. The molecule has 1 heterocycles. The van der Waals surface area contributed by atoms with Crippen LogP contribution in [-0.4, -0.2) is 41.8 Å². The maximum Gasteiger partial charge on any atom is 0.120 e. The van der Waals surface area contributed by atoms with Crippen LogP contribution in [0.2, 0.25) is 0 Å². The fraction of sp³-hybridized carbons (Fsp3) is 0.571. The van der Waals surface area contributed by atoms with Crippen molar-refractivity contribution in [3.63, 3.8) is 0 Å². The summed E-state index contributed by atoms with van der Waals surface area (Å²) in [5.41, 5.74) is -0.534. The molecular formula is C14H20BrNO2. The van der Waals surface area contributed by atoms with Gasteiger partial charge in [-0.1, -0.05) is 22.0 Å². The Morgan fingerprint density at radius 2 is 2.33 bits per heavy atom. The van der Waals surface area contributed by atoms with Crippen LogP contribution < -0.4 is 4.74 Å². The summed E-state index contributed by atoms with van der Waals surface area (Å²) in [6.07, 6.45) is 1.96. The first-order chi connectivity index (χ1) is 8.55. The lowest BCUT2D eigenvalue weighted by atomic mass is 9.95. The van der Waals surface area contributed by atoms with Crippen LogP contribution in [-0.2, 0) is 0 Å². The zero-order chi connectivity index (χ0) is 13.0. The van der Waals surface area contributed by atoms with Crippen molar-refractivity contribution in [2.75, 3.05) is 26.2 Å². The summed E-state index contributed by atoms with van der Waals surface area (Å²) in [5, 5.41) is 10.0. The monoisotopic (exact) mass is 313 g/mol. The van der Waals surface area contributed by atoms with E-state index in [1.54, 1.807) is 0 Å². The molecule has 1 atom stereocenters. The topological polar surface area (TPSA) is 32.7 Å². The van der Waals surface area contributed by atoms with Gasteiger partial charge in [0.2, 0.25) is 0 Å². The summed E-state index contributed by atoms with van der Waals surface area (Å²) < 4.78 is 6.73. The first kappa shape index (κ1) is 13.8. The molecule has 1 aromatic rings. The Kier molecular flexibility index (Phi) is 4.65. The van der Waals surface area contributed by atoms with E-state index in [-0.39, 0.29) is 0 Å². The fourth-order valence-corrected chi connectivity index (χ4v) is 2.74. The average Bonchev–Trinajstić information content (AvgIpc) is 2.28. The third-order valence-electron chi connectivity index (χ3n) is 3.23. The normalized spacial score (nSPS) is 25.1. The van der Waals surface area contributed by atoms with E-state index in [9.17, 15) is 5.11 Å². The fourth-order valence-electron chi connectivity index (χ4n) is 2.36. The van der Waals surface area contributed by atoms with Crippen molar-refractivity contribution in [3.8, 4) is 5.75 Å². The zero-order valence-corrected chi connectivity index (χ0v) is 12.3. The molecule has 0 bridgehead atoms. The average molecular weight is 314 g/mol. The second kappa shape index (κ2) is 6.04. The Balaban J connectivity index is 1.75. The molecule has 1 unspecified atom stereocenters. The summed E-state index contributed by atoms with van der Waals surface area (Å²) in [6, 6.07) is 7.86. The van der Waals surface area contributed by atoms with E-state index in [0.717, 1.165) is 42.7 Å². The largest absolute Gasteiger partial charge is 0.492 e. The van der Waals surface area contributed by atoms with Crippen molar-refractivity contribution in [2.24, 2.45) is 0 Å². The number of rotatable bonds is 4. The third-order valence-corrected chi connectivity index (χ3v) is 3.72. The van der Waals surface area contributed by atoms with Gasteiger partial charge in [-0.15, -0.1) is 0 Å². The second-order valence-corrected chi connectivity index (χ2v) is 6.10. The number of piperidine rings is 1. The molecule has 0 spiro atoms. The van der Waals surface area contributed by atoms with E-state index in [2.05, 4.69) is 20.8 Å². The molecule has 1 fully saturated rings. The van der Waals surface area contributed by atoms with E-state index < -0.39 is 5.60 Å². The van der Waals surface area contributed by atoms with Crippen LogP contribution in [0.4, 0.5) is 0 Å². The molecular weight excluding hydrogens is 294 g/mol. The van der Waals surface area contributed by atoms with Crippen molar-refractivity contribution in [3.05, 3.63) is 28.7 Å². The summed E-state index contributed by atoms with van der Waals surface area (Å²) in [5.74, 6) is 0.883. The highest BCUT2D eigenvalue weighted by Gasteiger charge is 2.27. The molecule has 1 N–H and O–H groups in total. The molecule has 0 aromatic heterocycles. The SMILES string of the molecule is CC1(O)CCCN(CCOc2cccc(Br)c2)C1. The van der Waals surface area contributed by atoms with Gasteiger partial charge in [0, 0.05) is 17.6 Å². The molecule has 0 saturated carbocycles. The van der Waals surface area contributed by atoms with E-state index in [1.807, 2.05) is 31.2 Å². The van der Waals surface area contributed by atoms with Crippen molar-refractivity contribution in [2.45, 2.75) is 25.4 Å². The Labute approximate surface area is 117 Å². The number of aliphatic hydroxyl groups is 1. The van der Waals surface area contributed by atoms with Gasteiger partial charge in [0.1, 0.15) is 12.4 Å². The van der Waals surface area contributed by atoms with Gasteiger partial charge in [0.05, 0.1) is 5.60 Å². The molecule has 4 heteroatoms. The number of hydrogen-bond acceptors (Lipinski definition) is 3. The summed E-state index contributed by atoms with van der Waals surface area (Å²) >= 11 is 3.42. The predicted octanol–water partition coefficient (Wildman–Crippen LogP) is 2.67. The van der Waals surface area contributed by atoms with Gasteiger partial charge in [-0.3, -0.25) is 4.90 Å². The summed E-state index contributed by atoms with van der Waals surface area (Å²) in [4.78, 5) is 2.27. The van der Waals surface area contributed by atoms with E-state index >= 15 is 0 Å². The molecule has 3 nitrogen and oxygen atoms in total. The van der Waals surface area contributed by atoms with E-state index in [1.165, 1.54) is 0 Å². The quantitative estimate of drug-likeness (QED) is 0.927. The van der Waals surface area contributed by atoms with Gasteiger partial charge in [-0.05, 0) is 44.5 Å². The molecule has 1 aliphatic rings. The number of likely N-dealkylation sites (tertiary alicyclic amines) is 1.